The second kappa shape index (κ2) is 7.46. The van der Waals surface area contributed by atoms with Crippen LogP contribution < -0.4 is 10.1 Å². The van der Waals surface area contributed by atoms with Gasteiger partial charge in [0, 0.05) is 31.0 Å². The van der Waals surface area contributed by atoms with Crippen LogP contribution in [0, 0.1) is 0 Å². The molecule has 1 aliphatic rings. The largest absolute Gasteiger partial charge is 0.487 e. The number of amides is 1. The lowest BCUT2D eigenvalue weighted by Crippen LogP contribution is -2.34. The number of nitrogens with zero attached hydrogens (tertiary/aromatic N) is 2. The van der Waals surface area contributed by atoms with Gasteiger partial charge in [-0.15, -0.1) is 0 Å². The van der Waals surface area contributed by atoms with Gasteiger partial charge in [0.25, 0.3) is 0 Å². The Balaban J connectivity index is 1.66. The van der Waals surface area contributed by atoms with E-state index in [2.05, 4.69) is 21.4 Å². The van der Waals surface area contributed by atoms with Crippen LogP contribution >= 0.6 is 11.8 Å². The van der Waals surface area contributed by atoms with Crippen molar-refractivity contribution in [2.24, 2.45) is 0 Å². The molecule has 1 atom stereocenters. The minimum absolute atomic E-state index is 0.0342. The lowest BCUT2D eigenvalue weighted by atomic mass is 10.1. The topological polar surface area (TPSA) is 64.1 Å². The minimum Gasteiger partial charge on any atom is -0.487 e. The van der Waals surface area contributed by atoms with Crippen molar-refractivity contribution in [1.29, 1.82) is 0 Å². The predicted octanol–water partition coefficient (Wildman–Crippen LogP) is 2.32. The van der Waals surface area contributed by atoms with E-state index in [9.17, 15) is 4.79 Å². The number of hydrogen-bond acceptors (Lipinski definition) is 5. The van der Waals surface area contributed by atoms with Gasteiger partial charge in [-0.1, -0.05) is 12.1 Å². The maximum Gasteiger partial charge on any atom is 0.220 e. The number of thioether (sulfide) groups is 1. The van der Waals surface area contributed by atoms with E-state index in [4.69, 9.17) is 4.74 Å². The van der Waals surface area contributed by atoms with Gasteiger partial charge < -0.3 is 10.1 Å². The van der Waals surface area contributed by atoms with Crippen molar-refractivity contribution in [2.75, 3.05) is 18.6 Å². The molecule has 1 aliphatic heterocycles. The van der Waals surface area contributed by atoms with Crippen LogP contribution in [0.4, 0.5) is 0 Å². The Labute approximate surface area is 139 Å². The summed E-state index contributed by atoms with van der Waals surface area (Å²) in [4.78, 5) is 20.3. The van der Waals surface area contributed by atoms with Gasteiger partial charge in [-0.25, -0.2) is 9.97 Å². The molecule has 3 rings (SSSR count). The number of rotatable bonds is 6. The molecule has 1 N–H and O–H groups in total. The number of fused-ring (bicyclic) bond motifs is 1. The summed E-state index contributed by atoms with van der Waals surface area (Å²) in [6.07, 6.45) is 6.74. The van der Waals surface area contributed by atoms with Crippen molar-refractivity contribution < 1.29 is 9.53 Å². The molecule has 0 bridgehead atoms. The molecule has 0 spiro atoms. The van der Waals surface area contributed by atoms with Gasteiger partial charge in [0.05, 0.1) is 12.1 Å². The first kappa shape index (κ1) is 15.8. The second-order valence-corrected chi connectivity index (χ2v) is 6.34. The van der Waals surface area contributed by atoms with Gasteiger partial charge >= 0.3 is 0 Å². The van der Waals surface area contributed by atoms with E-state index in [1.165, 1.54) is 0 Å². The van der Waals surface area contributed by atoms with Crippen LogP contribution in [0.5, 0.6) is 5.75 Å². The third-order valence-corrected chi connectivity index (χ3v) is 4.31. The smallest absolute Gasteiger partial charge is 0.220 e. The van der Waals surface area contributed by atoms with Crippen LogP contribution in [0.2, 0.25) is 0 Å². The van der Waals surface area contributed by atoms with Crippen molar-refractivity contribution >= 4 is 17.7 Å². The standard InChI is InChI=1S/C17H19N3O2S/c1-23-9-6-15(21)20-11-13-10-12-4-2-5-14(16(12)22-13)17-18-7-3-8-19-17/h2-5,7-8,13H,6,9-11H2,1H3,(H,20,21)/t13-/m1/s1. The van der Waals surface area contributed by atoms with Gasteiger partial charge in [0.15, 0.2) is 5.82 Å². The third kappa shape index (κ3) is 3.82. The van der Waals surface area contributed by atoms with Crippen LogP contribution in [0.15, 0.2) is 36.7 Å². The third-order valence-electron chi connectivity index (χ3n) is 3.70. The number of benzene rings is 1. The zero-order chi connectivity index (χ0) is 16.1. The molecule has 0 fully saturated rings. The van der Waals surface area contributed by atoms with Crippen molar-refractivity contribution in [3.8, 4) is 17.1 Å². The van der Waals surface area contributed by atoms with Gasteiger partial charge in [-0.3, -0.25) is 4.79 Å². The fourth-order valence-corrected chi connectivity index (χ4v) is 2.97. The molecule has 0 saturated carbocycles. The lowest BCUT2D eigenvalue weighted by Gasteiger charge is -2.13. The molecule has 0 unspecified atom stereocenters. The quantitative estimate of drug-likeness (QED) is 0.881. The van der Waals surface area contributed by atoms with E-state index < -0.39 is 0 Å². The van der Waals surface area contributed by atoms with E-state index >= 15 is 0 Å². The molecular formula is C17H19N3O2S. The average molecular weight is 329 g/mol. The van der Waals surface area contributed by atoms with E-state index in [-0.39, 0.29) is 12.0 Å². The number of para-hydroxylation sites is 1. The molecule has 1 amide bonds. The number of ether oxygens (including phenoxy) is 1. The average Bonchev–Trinajstić information content (AvgIpc) is 3.02. The molecule has 1 aromatic carbocycles. The van der Waals surface area contributed by atoms with Crippen LogP contribution in [0.25, 0.3) is 11.4 Å². The molecule has 5 nitrogen and oxygen atoms in total. The second-order valence-electron chi connectivity index (χ2n) is 5.36. The summed E-state index contributed by atoms with van der Waals surface area (Å²) in [5.74, 6) is 2.41. The maximum atomic E-state index is 11.7. The first-order valence-corrected chi connectivity index (χ1v) is 8.99. The summed E-state index contributed by atoms with van der Waals surface area (Å²) >= 11 is 1.67. The highest BCUT2D eigenvalue weighted by Gasteiger charge is 2.26. The summed E-state index contributed by atoms with van der Waals surface area (Å²) in [5, 5.41) is 2.94. The first-order chi connectivity index (χ1) is 11.3. The molecule has 0 radical (unpaired) electrons. The number of aromatic nitrogens is 2. The van der Waals surface area contributed by atoms with Crippen molar-refractivity contribution in [3.05, 3.63) is 42.2 Å². The van der Waals surface area contributed by atoms with Crippen LogP contribution in [0.1, 0.15) is 12.0 Å². The molecule has 120 valence electrons. The fraction of sp³-hybridized carbons (Fsp3) is 0.353. The monoisotopic (exact) mass is 329 g/mol. The summed E-state index contributed by atoms with van der Waals surface area (Å²) in [5.41, 5.74) is 2.04. The number of nitrogens with one attached hydrogen (secondary N) is 1. The number of carbonyl (C=O) groups excluding carboxylic acids is 1. The van der Waals surface area contributed by atoms with Gasteiger partial charge in [0.2, 0.25) is 5.91 Å². The SMILES string of the molecule is CSCCC(=O)NC[C@H]1Cc2cccc(-c3ncccn3)c2O1. The minimum atomic E-state index is -0.0342. The highest BCUT2D eigenvalue weighted by molar-refractivity contribution is 7.98. The van der Waals surface area contributed by atoms with Gasteiger partial charge in [-0.2, -0.15) is 11.8 Å². The van der Waals surface area contributed by atoms with Crippen molar-refractivity contribution in [3.63, 3.8) is 0 Å². The Bertz CT molecular complexity index is 679. The highest BCUT2D eigenvalue weighted by Crippen LogP contribution is 2.37. The summed E-state index contributed by atoms with van der Waals surface area (Å²) < 4.78 is 6.05. The van der Waals surface area contributed by atoms with E-state index in [1.54, 1.807) is 30.2 Å². The van der Waals surface area contributed by atoms with Crippen molar-refractivity contribution in [1.82, 2.24) is 15.3 Å². The van der Waals surface area contributed by atoms with Gasteiger partial charge in [0.1, 0.15) is 11.9 Å². The van der Waals surface area contributed by atoms with E-state index in [1.807, 2.05) is 18.4 Å². The Morgan fingerprint density at radius 2 is 2.17 bits per heavy atom. The Hall–Kier alpha value is -2.08. The van der Waals surface area contributed by atoms with Gasteiger partial charge in [-0.05, 0) is 24.0 Å². The normalized spacial score (nSPS) is 15.8. The summed E-state index contributed by atoms with van der Waals surface area (Å²) in [7, 11) is 0. The fourth-order valence-electron chi connectivity index (χ4n) is 2.58. The summed E-state index contributed by atoms with van der Waals surface area (Å²) in [6, 6.07) is 7.80. The lowest BCUT2D eigenvalue weighted by molar-refractivity contribution is -0.121. The maximum absolute atomic E-state index is 11.7. The highest BCUT2D eigenvalue weighted by atomic mass is 32.2. The Morgan fingerprint density at radius 1 is 1.35 bits per heavy atom. The van der Waals surface area contributed by atoms with E-state index in [0.29, 0.717) is 18.8 Å². The molecule has 23 heavy (non-hydrogen) atoms. The molecule has 2 aromatic rings. The Morgan fingerprint density at radius 3 is 2.96 bits per heavy atom. The number of carbonyl (C=O) groups is 1. The molecule has 1 aromatic heterocycles. The van der Waals surface area contributed by atoms with Crippen LogP contribution in [-0.2, 0) is 11.2 Å². The Kier molecular flexibility index (Phi) is 5.12. The van der Waals surface area contributed by atoms with Crippen LogP contribution in [-0.4, -0.2) is 40.5 Å². The first-order valence-electron chi connectivity index (χ1n) is 7.59. The molecule has 2 heterocycles. The van der Waals surface area contributed by atoms with E-state index in [0.717, 1.165) is 29.1 Å². The zero-order valence-corrected chi connectivity index (χ0v) is 13.8. The number of hydrogen-bond donors (Lipinski definition) is 1. The molecule has 6 heteroatoms. The summed E-state index contributed by atoms with van der Waals surface area (Å²) in [6.45, 7) is 0.525. The molecular weight excluding hydrogens is 310 g/mol. The van der Waals surface area contributed by atoms with Crippen molar-refractivity contribution in [2.45, 2.75) is 18.9 Å². The zero-order valence-electron chi connectivity index (χ0n) is 13.0. The molecule has 0 saturated heterocycles. The predicted molar refractivity (Wildman–Crippen MR) is 91.6 cm³/mol. The van der Waals surface area contributed by atoms with Crippen LogP contribution in [0.3, 0.4) is 0 Å². The molecule has 0 aliphatic carbocycles.